The number of benzene rings is 1. The molecule has 5 heteroatoms. The number of hydrogen-bond donors (Lipinski definition) is 0. The Kier molecular flexibility index (Phi) is 3.44. The van der Waals surface area contributed by atoms with Gasteiger partial charge in [-0.2, -0.15) is 10.4 Å². The van der Waals surface area contributed by atoms with Crippen LogP contribution in [0.25, 0.3) is 22.4 Å². The fraction of sp³-hybridized carbons (Fsp3) is 0.0625. The predicted molar refractivity (Wildman–Crippen MR) is 76.5 cm³/mol. The molecule has 2 aromatic heterocycles. The summed E-state index contributed by atoms with van der Waals surface area (Å²) in [5.41, 5.74) is 3.36. The second-order valence-electron chi connectivity index (χ2n) is 4.49. The van der Waals surface area contributed by atoms with Crippen molar-refractivity contribution in [3.63, 3.8) is 0 Å². The molecule has 102 valence electrons. The van der Waals surface area contributed by atoms with Crippen molar-refractivity contribution in [2.45, 2.75) is 6.54 Å². The van der Waals surface area contributed by atoms with Gasteiger partial charge in [-0.25, -0.2) is 4.39 Å². The van der Waals surface area contributed by atoms with Crippen molar-refractivity contribution in [3.8, 4) is 28.5 Å². The first kappa shape index (κ1) is 13.0. The van der Waals surface area contributed by atoms with E-state index in [9.17, 15) is 4.39 Å². The summed E-state index contributed by atoms with van der Waals surface area (Å²) in [7, 11) is 0. The molecule has 0 amide bonds. The van der Waals surface area contributed by atoms with E-state index in [0.717, 1.165) is 22.4 Å². The van der Waals surface area contributed by atoms with Crippen LogP contribution in [0.4, 0.5) is 4.39 Å². The molecule has 0 saturated heterocycles. The molecule has 3 rings (SSSR count). The molecule has 0 aliphatic rings. The fourth-order valence-corrected chi connectivity index (χ4v) is 2.14. The molecule has 21 heavy (non-hydrogen) atoms. The van der Waals surface area contributed by atoms with Crippen molar-refractivity contribution in [3.05, 3.63) is 60.8 Å². The zero-order valence-corrected chi connectivity index (χ0v) is 11.1. The third kappa shape index (κ3) is 2.65. The summed E-state index contributed by atoms with van der Waals surface area (Å²) in [6, 6.07) is 12.0. The predicted octanol–water partition coefficient (Wildman–Crippen LogP) is 3.27. The summed E-state index contributed by atoms with van der Waals surface area (Å²) in [4.78, 5) is 4.00. The second-order valence-corrected chi connectivity index (χ2v) is 4.49. The lowest BCUT2D eigenvalue weighted by Crippen LogP contribution is -1.95. The zero-order chi connectivity index (χ0) is 14.7. The Hall–Kier alpha value is -3.00. The summed E-state index contributed by atoms with van der Waals surface area (Å²) in [6.45, 7) is 0.166. The molecule has 0 saturated carbocycles. The monoisotopic (exact) mass is 278 g/mol. The Morgan fingerprint density at radius 3 is 2.43 bits per heavy atom. The Morgan fingerprint density at radius 1 is 1.05 bits per heavy atom. The number of halogens is 1. The van der Waals surface area contributed by atoms with Crippen LogP contribution in [-0.2, 0) is 6.54 Å². The Bertz CT molecular complexity index is 785. The topological polar surface area (TPSA) is 54.5 Å². The quantitative estimate of drug-likeness (QED) is 0.738. The van der Waals surface area contributed by atoms with Crippen LogP contribution in [0, 0.1) is 17.1 Å². The molecular weight excluding hydrogens is 267 g/mol. The summed E-state index contributed by atoms with van der Waals surface area (Å²) < 4.78 is 14.7. The number of pyridine rings is 1. The highest BCUT2D eigenvalue weighted by molar-refractivity contribution is 5.80. The van der Waals surface area contributed by atoms with Crippen LogP contribution in [0.1, 0.15) is 0 Å². The molecule has 0 atom stereocenters. The third-order valence-electron chi connectivity index (χ3n) is 3.10. The van der Waals surface area contributed by atoms with Gasteiger partial charge in [-0.05, 0) is 42.0 Å². The maximum atomic E-state index is 13.1. The molecule has 0 radical (unpaired) electrons. The molecule has 0 aliphatic heterocycles. The van der Waals surface area contributed by atoms with Gasteiger partial charge in [-0.1, -0.05) is 0 Å². The number of aromatic nitrogens is 3. The van der Waals surface area contributed by atoms with Gasteiger partial charge in [-0.15, -0.1) is 0 Å². The van der Waals surface area contributed by atoms with Gasteiger partial charge in [0.15, 0.2) is 0 Å². The van der Waals surface area contributed by atoms with Crippen molar-refractivity contribution in [1.82, 2.24) is 14.8 Å². The summed E-state index contributed by atoms with van der Waals surface area (Å²) in [5, 5.41) is 13.3. The summed E-state index contributed by atoms with van der Waals surface area (Å²) >= 11 is 0. The molecule has 2 heterocycles. The molecule has 0 unspecified atom stereocenters. The van der Waals surface area contributed by atoms with E-state index in [-0.39, 0.29) is 12.4 Å². The van der Waals surface area contributed by atoms with Crippen molar-refractivity contribution in [2.24, 2.45) is 0 Å². The second kappa shape index (κ2) is 5.55. The van der Waals surface area contributed by atoms with Crippen LogP contribution in [0.5, 0.6) is 0 Å². The Labute approximate surface area is 121 Å². The molecule has 1 aromatic carbocycles. The average molecular weight is 278 g/mol. The molecule has 0 fully saturated rings. The van der Waals surface area contributed by atoms with Crippen LogP contribution in [0.15, 0.2) is 55.0 Å². The number of nitriles is 1. The first-order chi connectivity index (χ1) is 10.3. The lowest BCUT2D eigenvalue weighted by molar-refractivity contribution is 0.628. The lowest BCUT2D eigenvalue weighted by atomic mass is 10.0. The van der Waals surface area contributed by atoms with Gasteiger partial charge in [0.25, 0.3) is 0 Å². The van der Waals surface area contributed by atoms with E-state index in [2.05, 4.69) is 16.2 Å². The molecule has 0 aliphatic carbocycles. The van der Waals surface area contributed by atoms with E-state index in [4.69, 9.17) is 5.26 Å². The first-order valence-electron chi connectivity index (χ1n) is 6.38. The van der Waals surface area contributed by atoms with Gasteiger partial charge in [0.1, 0.15) is 18.1 Å². The van der Waals surface area contributed by atoms with Crippen molar-refractivity contribution in [2.75, 3.05) is 0 Å². The van der Waals surface area contributed by atoms with E-state index >= 15 is 0 Å². The minimum Gasteiger partial charge on any atom is -0.265 e. The minimum atomic E-state index is -0.291. The number of hydrogen-bond acceptors (Lipinski definition) is 3. The third-order valence-corrected chi connectivity index (χ3v) is 3.10. The molecule has 0 bridgehead atoms. The highest BCUT2D eigenvalue weighted by Crippen LogP contribution is 2.30. The van der Waals surface area contributed by atoms with Crippen LogP contribution in [0.3, 0.4) is 0 Å². The normalized spacial score (nSPS) is 10.3. The van der Waals surface area contributed by atoms with E-state index in [1.165, 1.54) is 12.1 Å². The van der Waals surface area contributed by atoms with E-state index in [0.29, 0.717) is 0 Å². The van der Waals surface area contributed by atoms with E-state index < -0.39 is 0 Å². The molecular formula is C16H11FN4. The van der Waals surface area contributed by atoms with Gasteiger partial charge in [0.2, 0.25) is 0 Å². The maximum Gasteiger partial charge on any atom is 0.128 e. The van der Waals surface area contributed by atoms with Crippen LogP contribution >= 0.6 is 0 Å². The number of rotatable bonds is 3. The number of nitrogens with zero attached hydrogens (tertiary/aromatic N) is 4. The van der Waals surface area contributed by atoms with E-state index in [1.54, 1.807) is 29.2 Å². The summed E-state index contributed by atoms with van der Waals surface area (Å²) in [5.74, 6) is -0.291. The highest BCUT2D eigenvalue weighted by Gasteiger charge is 2.13. The fourth-order valence-electron chi connectivity index (χ4n) is 2.14. The Morgan fingerprint density at radius 2 is 1.76 bits per heavy atom. The highest BCUT2D eigenvalue weighted by atomic mass is 19.1. The lowest BCUT2D eigenvalue weighted by Gasteiger charge is -2.02. The Balaban J connectivity index is 2.14. The largest absolute Gasteiger partial charge is 0.265 e. The van der Waals surface area contributed by atoms with Gasteiger partial charge in [-0.3, -0.25) is 9.67 Å². The smallest absolute Gasteiger partial charge is 0.128 e. The molecule has 0 spiro atoms. The van der Waals surface area contributed by atoms with E-state index in [1.807, 2.05) is 18.3 Å². The maximum absolute atomic E-state index is 13.1. The molecule has 4 nitrogen and oxygen atoms in total. The first-order valence-corrected chi connectivity index (χ1v) is 6.38. The van der Waals surface area contributed by atoms with Crippen molar-refractivity contribution >= 4 is 0 Å². The van der Waals surface area contributed by atoms with Gasteiger partial charge >= 0.3 is 0 Å². The van der Waals surface area contributed by atoms with Crippen LogP contribution < -0.4 is 0 Å². The van der Waals surface area contributed by atoms with Gasteiger partial charge < -0.3 is 0 Å². The van der Waals surface area contributed by atoms with Crippen LogP contribution in [-0.4, -0.2) is 14.8 Å². The van der Waals surface area contributed by atoms with Gasteiger partial charge in [0.05, 0.1) is 6.07 Å². The molecule has 3 aromatic rings. The van der Waals surface area contributed by atoms with Gasteiger partial charge in [0, 0.05) is 29.7 Å². The average Bonchev–Trinajstić information content (AvgIpc) is 2.93. The standard InChI is InChI=1S/C16H11FN4/c17-14-3-1-13(2-4-14)16-15(11-21(20-16)10-7-18)12-5-8-19-9-6-12/h1-6,8-9,11H,10H2. The van der Waals surface area contributed by atoms with Crippen molar-refractivity contribution < 1.29 is 4.39 Å². The van der Waals surface area contributed by atoms with Crippen LogP contribution in [0.2, 0.25) is 0 Å². The SMILES string of the molecule is N#CCn1cc(-c2ccncc2)c(-c2ccc(F)cc2)n1. The minimum absolute atomic E-state index is 0.166. The zero-order valence-electron chi connectivity index (χ0n) is 11.1. The van der Waals surface area contributed by atoms with Crippen molar-refractivity contribution in [1.29, 1.82) is 5.26 Å². The molecule has 0 N–H and O–H groups in total. The summed E-state index contributed by atoms with van der Waals surface area (Å²) in [6.07, 6.45) is 5.22.